The number of hydrogen-bond donors (Lipinski definition) is 2. The molecule has 1 aliphatic heterocycles. The van der Waals surface area contributed by atoms with Crippen LogP contribution in [0.5, 0.6) is 0 Å². The summed E-state index contributed by atoms with van der Waals surface area (Å²) in [5, 5.41) is 6.33. The lowest BCUT2D eigenvalue weighted by Crippen LogP contribution is -2.42. The van der Waals surface area contributed by atoms with E-state index in [2.05, 4.69) is 20.6 Å². The van der Waals surface area contributed by atoms with Gasteiger partial charge in [0.1, 0.15) is 17.6 Å². The molecule has 0 bridgehead atoms. The van der Waals surface area contributed by atoms with E-state index >= 15 is 0 Å². The molecular weight excluding hydrogens is 440 g/mol. The lowest BCUT2D eigenvalue weighted by Gasteiger charge is -2.31. The van der Waals surface area contributed by atoms with Gasteiger partial charge < -0.3 is 15.5 Å². The number of amides is 2. The van der Waals surface area contributed by atoms with E-state index in [-0.39, 0.29) is 29.8 Å². The SMILES string of the molecule is CCc1cccc(C)c1NC(=O)Cn1cnc2nc(N3CCC[C@@H](C(=O)NC)C3)sc2c1=O. The molecule has 1 fully saturated rings. The van der Waals surface area contributed by atoms with Crippen molar-refractivity contribution in [1.82, 2.24) is 19.9 Å². The van der Waals surface area contributed by atoms with Gasteiger partial charge in [0.15, 0.2) is 10.8 Å². The molecule has 10 heteroatoms. The number of benzene rings is 1. The van der Waals surface area contributed by atoms with Gasteiger partial charge in [0.05, 0.1) is 5.92 Å². The second kappa shape index (κ2) is 9.70. The summed E-state index contributed by atoms with van der Waals surface area (Å²) in [7, 11) is 1.64. The maximum atomic E-state index is 13.1. The number of anilines is 2. The van der Waals surface area contributed by atoms with Crippen LogP contribution in [0.1, 0.15) is 30.9 Å². The summed E-state index contributed by atoms with van der Waals surface area (Å²) in [6, 6.07) is 5.89. The van der Waals surface area contributed by atoms with E-state index in [0.717, 1.165) is 42.6 Å². The fraction of sp³-hybridized carbons (Fsp3) is 0.435. The zero-order chi connectivity index (χ0) is 23.5. The van der Waals surface area contributed by atoms with Gasteiger partial charge in [-0.25, -0.2) is 4.98 Å². The minimum absolute atomic E-state index is 0.0205. The zero-order valence-electron chi connectivity index (χ0n) is 19.1. The molecule has 1 aromatic carbocycles. The first kappa shape index (κ1) is 22.9. The third-order valence-corrected chi connectivity index (χ3v) is 7.09. The van der Waals surface area contributed by atoms with E-state index in [4.69, 9.17) is 0 Å². The number of aryl methyl sites for hydroxylation is 2. The number of para-hydroxylation sites is 1. The van der Waals surface area contributed by atoms with Crippen LogP contribution < -0.4 is 21.1 Å². The zero-order valence-corrected chi connectivity index (χ0v) is 19.9. The van der Waals surface area contributed by atoms with Gasteiger partial charge in [-0.2, -0.15) is 4.98 Å². The number of carbonyl (C=O) groups is 2. The third-order valence-electron chi connectivity index (χ3n) is 6.00. The van der Waals surface area contributed by atoms with Crippen LogP contribution in [0.4, 0.5) is 10.8 Å². The molecule has 0 spiro atoms. The highest BCUT2D eigenvalue weighted by Crippen LogP contribution is 2.29. The van der Waals surface area contributed by atoms with Crippen molar-refractivity contribution in [2.24, 2.45) is 5.92 Å². The predicted octanol–water partition coefficient (Wildman–Crippen LogP) is 2.32. The smallest absolute Gasteiger partial charge is 0.273 e. The molecule has 3 heterocycles. The second-order valence-corrected chi connectivity index (χ2v) is 9.21. The van der Waals surface area contributed by atoms with Crippen LogP contribution in [0, 0.1) is 12.8 Å². The van der Waals surface area contributed by atoms with Crippen LogP contribution in [-0.2, 0) is 22.6 Å². The monoisotopic (exact) mass is 468 g/mol. The predicted molar refractivity (Wildman–Crippen MR) is 130 cm³/mol. The van der Waals surface area contributed by atoms with Crippen molar-refractivity contribution in [3.05, 3.63) is 46.0 Å². The number of nitrogens with one attached hydrogen (secondary N) is 2. The van der Waals surface area contributed by atoms with Crippen LogP contribution in [0.25, 0.3) is 10.3 Å². The van der Waals surface area contributed by atoms with Crippen molar-refractivity contribution < 1.29 is 9.59 Å². The standard InChI is InChI=1S/C23H28N6O3S/c1-4-15-8-5-7-14(2)18(15)26-17(30)12-29-13-25-20-19(22(29)32)33-23(27-20)28-10-6-9-16(11-28)21(31)24-3/h5,7-8,13,16H,4,6,9-12H2,1-3H3,(H,24,31)(H,26,30)/t16-/m1/s1. The molecule has 1 atom stereocenters. The Balaban J connectivity index is 1.54. The van der Waals surface area contributed by atoms with Crippen LogP contribution >= 0.6 is 11.3 Å². The minimum atomic E-state index is -0.292. The molecule has 174 valence electrons. The Bertz CT molecular complexity index is 1250. The Morgan fingerprint density at radius 3 is 2.88 bits per heavy atom. The average molecular weight is 469 g/mol. The van der Waals surface area contributed by atoms with Crippen LogP contribution in [0.3, 0.4) is 0 Å². The number of piperidine rings is 1. The van der Waals surface area contributed by atoms with Crippen molar-refractivity contribution in [2.75, 3.05) is 30.4 Å². The van der Waals surface area contributed by atoms with Crippen molar-refractivity contribution >= 4 is 44.3 Å². The molecule has 33 heavy (non-hydrogen) atoms. The summed E-state index contributed by atoms with van der Waals surface area (Å²) >= 11 is 1.26. The van der Waals surface area contributed by atoms with Gasteiger partial charge in [0, 0.05) is 25.8 Å². The average Bonchev–Trinajstić information content (AvgIpc) is 3.27. The molecule has 4 rings (SSSR count). The van der Waals surface area contributed by atoms with E-state index in [9.17, 15) is 14.4 Å². The molecule has 0 saturated carbocycles. The quantitative estimate of drug-likeness (QED) is 0.575. The first-order chi connectivity index (χ1) is 15.9. The molecule has 2 amide bonds. The molecule has 0 radical (unpaired) electrons. The normalized spacial score (nSPS) is 16.1. The Morgan fingerprint density at radius 1 is 1.30 bits per heavy atom. The Kier molecular flexibility index (Phi) is 6.73. The lowest BCUT2D eigenvalue weighted by atomic mass is 9.98. The summed E-state index contributed by atoms with van der Waals surface area (Å²) < 4.78 is 1.72. The van der Waals surface area contributed by atoms with Gasteiger partial charge in [0.25, 0.3) is 5.56 Å². The summed E-state index contributed by atoms with van der Waals surface area (Å²) in [4.78, 5) is 48.7. The number of thiazole rings is 1. The van der Waals surface area contributed by atoms with Gasteiger partial charge in [-0.1, -0.05) is 36.5 Å². The molecule has 3 aromatic rings. The van der Waals surface area contributed by atoms with Crippen LogP contribution in [0.15, 0.2) is 29.3 Å². The Labute approximate surface area is 195 Å². The van der Waals surface area contributed by atoms with E-state index in [1.54, 1.807) is 7.05 Å². The molecule has 2 aromatic heterocycles. The topological polar surface area (TPSA) is 109 Å². The number of carbonyl (C=O) groups excluding carboxylic acids is 2. The molecule has 1 aliphatic rings. The summed E-state index contributed by atoms with van der Waals surface area (Å²) in [6.07, 6.45) is 3.88. The maximum Gasteiger partial charge on any atom is 0.273 e. The Hall–Kier alpha value is -3.27. The van der Waals surface area contributed by atoms with E-state index in [1.807, 2.05) is 36.9 Å². The fourth-order valence-electron chi connectivity index (χ4n) is 4.19. The van der Waals surface area contributed by atoms with E-state index in [1.165, 1.54) is 22.2 Å². The fourth-order valence-corrected chi connectivity index (χ4v) is 5.19. The molecule has 9 nitrogen and oxygen atoms in total. The lowest BCUT2D eigenvalue weighted by molar-refractivity contribution is -0.124. The number of aromatic nitrogens is 3. The van der Waals surface area contributed by atoms with Crippen molar-refractivity contribution in [3.8, 4) is 0 Å². The first-order valence-corrected chi connectivity index (χ1v) is 11.9. The molecule has 1 saturated heterocycles. The van der Waals surface area contributed by atoms with Crippen molar-refractivity contribution in [3.63, 3.8) is 0 Å². The minimum Gasteiger partial charge on any atom is -0.359 e. The molecule has 2 N–H and O–H groups in total. The highest BCUT2D eigenvalue weighted by molar-refractivity contribution is 7.22. The summed E-state index contributed by atoms with van der Waals surface area (Å²) in [6.45, 7) is 5.19. The van der Waals surface area contributed by atoms with Gasteiger partial charge >= 0.3 is 0 Å². The molecule has 0 unspecified atom stereocenters. The van der Waals surface area contributed by atoms with Gasteiger partial charge in [-0.3, -0.25) is 19.0 Å². The number of nitrogens with zero attached hydrogens (tertiary/aromatic N) is 4. The van der Waals surface area contributed by atoms with E-state index < -0.39 is 0 Å². The van der Waals surface area contributed by atoms with Gasteiger partial charge in [-0.15, -0.1) is 0 Å². The first-order valence-electron chi connectivity index (χ1n) is 11.1. The molecule has 0 aliphatic carbocycles. The molecular formula is C23H28N6O3S. The number of fused-ring (bicyclic) bond motifs is 1. The maximum absolute atomic E-state index is 13.1. The highest BCUT2D eigenvalue weighted by atomic mass is 32.1. The number of rotatable bonds is 6. The van der Waals surface area contributed by atoms with Crippen molar-refractivity contribution in [1.29, 1.82) is 0 Å². The van der Waals surface area contributed by atoms with E-state index in [0.29, 0.717) is 22.0 Å². The second-order valence-electron chi connectivity index (χ2n) is 8.24. The third kappa shape index (κ3) is 4.75. The summed E-state index contributed by atoms with van der Waals surface area (Å²) in [5.74, 6) is -0.359. The summed E-state index contributed by atoms with van der Waals surface area (Å²) in [5.41, 5.74) is 2.90. The van der Waals surface area contributed by atoms with Gasteiger partial charge in [0.2, 0.25) is 11.8 Å². The number of hydrogen-bond acceptors (Lipinski definition) is 7. The van der Waals surface area contributed by atoms with Crippen LogP contribution in [0.2, 0.25) is 0 Å². The van der Waals surface area contributed by atoms with Gasteiger partial charge in [-0.05, 0) is 37.3 Å². The Morgan fingerprint density at radius 2 is 2.12 bits per heavy atom. The van der Waals surface area contributed by atoms with Crippen LogP contribution in [-0.4, -0.2) is 46.5 Å². The van der Waals surface area contributed by atoms with Crippen molar-refractivity contribution in [2.45, 2.75) is 39.7 Å². The highest BCUT2D eigenvalue weighted by Gasteiger charge is 2.27. The largest absolute Gasteiger partial charge is 0.359 e.